The van der Waals surface area contributed by atoms with Crippen molar-refractivity contribution >= 4 is 21.8 Å². The maximum absolute atomic E-state index is 14.3. The minimum Gasteiger partial charge on any atom is -0.497 e. The van der Waals surface area contributed by atoms with E-state index in [0.717, 1.165) is 0 Å². The SMILES string of the molecule is COCc1ccccc1.COc1ccc(F)c([C@@H]2CS(=O)(=O)C(C)(C)C(NC(=O)OC(C)(C)C)=N2)c1. The number of halogens is 1. The van der Waals surface area contributed by atoms with E-state index in [4.69, 9.17) is 14.2 Å². The zero-order valence-electron chi connectivity index (χ0n) is 21.8. The molecule has 0 fully saturated rings. The molecule has 0 aromatic heterocycles. The van der Waals surface area contributed by atoms with Crippen molar-refractivity contribution in [3.63, 3.8) is 0 Å². The van der Waals surface area contributed by atoms with Crippen molar-refractivity contribution in [1.82, 2.24) is 5.32 Å². The minimum atomic E-state index is -3.74. The number of aliphatic imine (C=N–C) groups is 1. The van der Waals surface area contributed by atoms with Gasteiger partial charge in [0.2, 0.25) is 0 Å². The molecule has 3 rings (SSSR count). The van der Waals surface area contributed by atoms with Crippen molar-refractivity contribution in [2.75, 3.05) is 20.0 Å². The number of alkyl carbamates (subject to hydrolysis) is 1. The van der Waals surface area contributed by atoms with E-state index in [1.165, 1.54) is 44.7 Å². The molecule has 0 spiro atoms. The number of methoxy groups -OCH3 is 2. The lowest BCUT2D eigenvalue weighted by Crippen LogP contribution is -2.54. The molecule has 0 bridgehead atoms. The Morgan fingerprint density at radius 2 is 1.78 bits per heavy atom. The Labute approximate surface area is 212 Å². The van der Waals surface area contributed by atoms with Gasteiger partial charge in [-0.3, -0.25) is 10.3 Å². The van der Waals surface area contributed by atoms with Gasteiger partial charge in [-0.2, -0.15) is 0 Å². The molecule has 1 aliphatic heterocycles. The van der Waals surface area contributed by atoms with Crippen molar-refractivity contribution in [1.29, 1.82) is 0 Å². The third-order valence-corrected chi connectivity index (χ3v) is 7.85. The van der Waals surface area contributed by atoms with E-state index < -0.39 is 38.1 Å². The van der Waals surface area contributed by atoms with Gasteiger partial charge in [0.25, 0.3) is 0 Å². The van der Waals surface area contributed by atoms with Gasteiger partial charge in [0, 0.05) is 12.7 Å². The number of carbonyl (C=O) groups excluding carboxylic acids is 1. The Morgan fingerprint density at radius 3 is 2.33 bits per heavy atom. The largest absolute Gasteiger partial charge is 0.497 e. The third kappa shape index (κ3) is 7.76. The van der Waals surface area contributed by atoms with Gasteiger partial charge < -0.3 is 14.2 Å². The topological polar surface area (TPSA) is 103 Å². The first-order valence-corrected chi connectivity index (χ1v) is 13.0. The summed E-state index contributed by atoms with van der Waals surface area (Å²) in [4.78, 5) is 16.5. The van der Waals surface area contributed by atoms with Crippen molar-refractivity contribution in [3.05, 3.63) is 65.5 Å². The number of rotatable bonds is 4. The molecule has 10 heteroatoms. The summed E-state index contributed by atoms with van der Waals surface area (Å²) in [6, 6.07) is 13.1. The lowest BCUT2D eigenvalue weighted by molar-refractivity contribution is 0.0561. The Kier molecular flexibility index (Phi) is 9.62. The molecule has 1 N–H and O–H groups in total. The Balaban J connectivity index is 0.000000425. The quantitative estimate of drug-likeness (QED) is 0.616. The molecular weight excluding hydrogens is 487 g/mol. The van der Waals surface area contributed by atoms with Crippen molar-refractivity contribution in [2.45, 2.75) is 57.6 Å². The summed E-state index contributed by atoms with van der Waals surface area (Å²) in [5.41, 5.74) is 0.539. The highest BCUT2D eigenvalue weighted by Gasteiger charge is 2.46. The van der Waals surface area contributed by atoms with Crippen LogP contribution >= 0.6 is 0 Å². The number of ether oxygens (including phenoxy) is 3. The summed E-state index contributed by atoms with van der Waals surface area (Å²) >= 11 is 0. The number of hydrogen-bond donors (Lipinski definition) is 1. The summed E-state index contributed by atoms with van der Waals surface area (Å²) < 4.78 is 53.7. The Bertz CT molecular complexity index is 1170. The summed E-state index contributed by atoms with van der Waals surface area (Å²) in [5.74, 6) is -0.694. The van der Waals surface area contributed by atoms with Gasteiger partial charge in [0.1, 0.15) is 27.8 Å². The predicted molar refractivity (Wildman–Crippen MR) is 138 cm³/mol. The molecule has 8 nitrogen and oxygen atoms in total. The van der Waals surface area contributed by atoms with E-state index in [1.54, 1.807) is 27.9 Å². The normalized spacial score (nSPS) is 18.2. The molecule has 1 atom stereocenters. The maximum Gasteiger partial charge on any atom is 0.413 e. The molecule has 2 aromatic carbocycles. The number of nitrogens with zero attached hydrogens (tertiary/aromatic N) is 1. The average Bonchev–Trinajstić information content (AvgIpc) is 2.77. The van der Waals surface area contributed by atoms with Crippen LogP contribution in [0.5, 0.6) is 5.75 Å². The van der Waals surface area contributed by atoms with Gasteiger partial charge in [-0.25, -0.2) is 17.6 Å². The van der Waals surface area contributed by atoms with E-state index in [0.29, 0.717) is 12.4 Å². The number of amides is 1. The van der Waals surface area contributed by atoms with Gasteiger partial charge in [0.05, 0.1) is 25.5 Å². The number of hydrogen-bond acceptors (Lipinski definition) is 7. The van der Waals surface area contributed by atoms with Crippen LogP contribution in [0.3, 0.4) is 0 Å². The molecule has 0 saturated carbocycles. The Hall–Kier alpha value is -2.98. The number of nitrogens with one attached hydrogen (secondary N) is 1. The molecule has 0 radical (unpaired) electrons. The Morgan fingerprint density at radius 1 is 1.14 bits per heavy atom. The highest BCUT2D eigenvalue weighted by molar-refractivity contribution is 7.93. The van der Waals surface area contributed by atoms with Crippen molar-refractivity contribution < 1.29 is 31.8 Å². The van der Waals surface area contributed by atoms with Crippen molar-refractivity contribution in [3.8, 4) is 5.75 Å². The molecule has 36 heavy (non-hydrogen) atoms. The molecule has 1 aliphatic rings. The molecule has 0 unspecified atom stereocenters. The second-order valence-electron chi connectivity index (χ2n) is 9.72. The molecule has 2 aromatic rings. The van der Waals surface area contributed by atoms with E-state index >= 15 is 0 Å². The fraction of sp³-hybridized carbons (Fsp3) is 0.462. The van der Waals surface area contributed by atoms with Gasteiger partial charge in [-0.1, -0.05) is 30.3 Å². The van der Waals surface area contributed by atoms with E-state index in [2.05, 4.69) is 10.3 Å². The first-order valence-electron chi connectivity index (χ1n) is 11.4. The molecule has 0 saturated heterocycles. The first-order chi connectivity index (χ1) is 16.7. The van der Waals surface area contributed by atoms with Gasteiger partial charge in [-0.05, 0) is 58.4 Å². The minimum absolute atomic E-state index is 0.0805. The van der Waals surface area contributed by atoms with E-state index in [9.17, 15) is 17.6 Å². The summed E-state index contributed by atoms with van der Waals surface area (Å²) in [7, 11) is -0.613. The van der Waals surface area contributed by atoms with E-state index in [-0.39, 0.29) is 17.2 Å². The van der Waals surface area contributed by atoms with Crippen LogP contribution in [-0.4, -0.2) is 50.7 Å². The highest BCUT2D eigenvalue weighted by atomic mass is 32.2. The number of carbonyl (C=O) groups is 1. The van der Waals surface area contributed by atoms with Crippen LogP contribution in [0.25, 0.3) is 0 Å². The van der Waals surface area contributed by atoms with Gasteiger partial charge >= 0.3 is 6.09 Å². The van der Waals surface area contributed by atoms with Crippen molar-refractivity contribution in [2.24, 2.45) is 4.99 Å². The molecule has 198 valence electrons. The monoisotopic (exact) mass is 522 g/mol. The zero-order valence-corrected chi connectivity index (χ0v) is 22.6. The van der Waals surface area contributed by atoms with Crippen LogP contribution in [0.4, 0.5) is 9.18 Å². The van der Waals surface area contributed by atoms with Crippen LogP contribution in [0, 0.1) is 5.82 Å². The van der Waals surface area contributed by atoms with E-state index in [1.807, 2.05) is 30.3 Å². The molecule has 1 amide bonds. The second-order valence-corrected chi connectivity index (χ2v) is 12.3. The summed E-state index contributed by atoms with van der Waals surface area (Å²) in [5, 5.41) is 2.43. The number of amidine groups is 1. The van der Waals surface area contributed by atoms with Crippen LogP contribution in [0.15, 0.2) is 53.5 Å². The van der Waals surface area contributed by atoms with Crippen LogP contribution in [0.1, 0.15) is 51.8 Å². The fourth-order valence-electron chi connectivity index (χ4n) is 3.30. The molecule has 1 heterocycles. The number of benzene rings is 2. The predicted octanol–water partition coefficient (Wildman–Crippen LogP) is 4.84. The van der Waals surface area contributed by atoms with Gasteiger partial charge in [-0.15, -0.1) is 0 Å². The zero-order chi connectivity index (χ0) is 27.1. The highest BCUT2D eigenvalue weighted by Crippen LogP contribution is 2.34. The first kappa shape index (κ1) is 29.3. The summed E-state index contributed by atoms with van der Waals surface area (Å²) in [6.07, 6.45) is -0.823. The lowest BCUT2D eigenvalue weighted by atomic mass is 10.1. The fourth-order valence-corrected chi connectivity index (χ4v) is 4.78. The molecule has 0 aliphatic carbocycles. The number of sulfone groups is 1. The smallest absolute Gasteiger partial charge is 0.413 e. The van der Waals surface area contributed by atoms with Crippen LogP contribution in [-0.2, 0) is 25.9 Å². The average molecular weight is 523 g/mol. The second kappa shape index (κ2) is 11.8. The van der Waals surface area contributed by atoms with Crippen LogP contribution < -0.4 is 10.1 Å². The standard InChI is InChI=1S/C18H25FN2O5S.C8H10O/c1-17(2,3)26-16(22)21-15-18(4,5)27(23,24)10-14(20-15)12-9-11(25-6)7-8-13(12)19;1-9-7-8-5-3-2-4-6-8/h7-9,14H,10H2,1-6H3,(H,20,21,22);2-6H,7H2,1H3/t14-;/m0./s1. The van der Waals surface area contributed by atoms with Crippen LogP contribution in [0.2, 0.25) is 0 Å². The van der Waals surface area contributed by atoms with Gasteiger partial charge in [0.15, 0.2) is 9.84 Å². The summed E-state index contributed by atoms with van der Waals surface area (Å²) in [6.45, 7) is 8.65. The maximum atomic E-state index is 14.3. The third-order valence-electron chi connectivity index (χ3n) is 5.35. The molecular formula is C26H35FN2O6S. The lowest BCUT2D eigenvalue weighted by Gasteiger charge is -2.34.